The number of nitro groups is 1. The Kier molecular flexibility index (Phi) is 4.98. The molecule has 10 nitrogen and oxygen atoms in total. The minimum atomic E-state index is -1.03. The molecule has 4 aromatic rings. The number of thiazole rings is 1. The SMILES string of the molecule is Cc1cccn2c(C)c(/C(O)=C3\C(=O)C(=O)N(c4nccs4)C3c3ccc([N+](=O)[O-])cc3)nc12. The molecule has 5 rings (SSSR count). The van der Waals surface area contributed by atoms with E-state index < -0.39 is 28.4 Å². The summed E-state index contributed by atoms with van der Waals surface area (Å²) >= 11 is 1.16. The van der Waals surface area contributed by atoms with Crippen molar-refractivity contribution in [1.82, 2.24) is 14.4 Å². The van der Waals surface area contributed by atoms with Crippen LogP contribution in [0, 0.1) is 24.0 Å². The summed E-state index contributed by atoms with van der Waals surface area (Å²) in [6.07, 6.45) is 3.30. The van der Waals surface area contributed by atoms with E-state index in [1.165, 1.54) is 35.4 Å². The Morgan fingerprint density at radius 2 is 1.91 bits per heavy atom. The van der Waals surface area contributed by atoms with Crippen molar-refractivity contribution >= 4 is 45.3 Å². The molecule has 0 bridgehead atoms. The smallest absolute Gasteiger partial charge is 0.301 e. The highest BCUT2D eigenvalue weighted by molar-refractivity contribution is 7.14. The van der Waals surface area contributed by atoms with Crippen LogP contribution < -0.4 is 4.90 Å². The van der Waals surface area contributed by atoms with E-state index in [0.29, 0.717) is 16.9 Å². The molecular weight excluding hydrogens is 458 g/mol. The molecule has 1 saturated heterocycles. The van der Waals surface area contributed by atoms with E-state index in [-0.39, 0.29) is 22.1 Å². The highest BCUT2D eigenvalue weighted by Gasteiger charge is 2.48. The predicted molar refractivity (Wildman–Crippen MR) is 125 cm³/mol. The zero-order chi connectivity index (χ0) is 24.1. The number of ketones is 1. The van der Waals surface area contributed by atoms with E-state index in [9.17, 15) is 24.8 Å². The third-order valence-electron chi connectivity index (χ3n) is 5.80. The molecule has 1 unspecified atom stereocenters. The maximum absolute atomic E-state index is 13.2. The van der Waals surface area contributed by atoms with Gasteiger partial charge in [-0.3, -0.25) is 24.6 Å². The lowest BCUT2D eigenvalue weighted by molar-refractivity contribution is -0.384. The number of non-ortho nitro benzene ring substituents is 1. The number of aryl methyl sites for hydroxylation is 2. The number of aliphatic hydroxyl groups excluding tert-OH is 1. The van der Waals surface area contributed by atoms with Crippen LogP contribution in [-0.4, -0.2) is 36.1 Å². The first kappa shape index (κ1) is 21.5. The fourth-order valence-corrected chi connectivity index (χ4v) is 4.80. The first-order valence-electron chi connectivity index (χ1n) is 10.2. The molecule has 1 aliphatic rings. The van der Waals surface area contributed by atoms with Gasteiger partial charge in [-0.2, -0.15) is 0 Å². The van der Waals surface area contributed by atoms with Crippen molar-refractivity contribution in [3.63, 3.8) is 0 Å². The van der Waals surface area contributed by atoms with Gasteiger partial charge < -0.3 is 9.51 Å². The minimum absolute atomic E-state index is 0.137. The predicted octanol–water partition coefficient (Wildman–Crippen LogP) is 3.94. The Labute approximate surface area is 196 Å². The zero-order valence-corrected chi connectivity index (χ0v) is 18.8. The molecule has 1 aromatic carbocycles. The number of nitro benzene ring substituents is 1. The van der Waals surface area contributed by atoms with E-state index in [4.69, 9.17) is 0 Å². The Hall–Kier alpha value is -4.38. The van der Waals surface area contributed by atoms with Gasteiger partial charge >= 0.3 is 5.91 Å². The molecule has 11 heteroatoms. The lowest BCUT2D eigenvalue weighted by Crippen LogP contribution is -2.29. The number of aliphatic hydroxyl groups is 1. The van der Waals surface area contributed by atoms with Gasteiger partial charge in [0.15, 0.2) is 10.9 Å². The van der Waals surface area contributed by atoms with Crippen LogP contribution in [0.4, 0.5) is 10.8 Å². The number of fused-ring (bicyclic) bond motifs is 1. The quantitative estimate of drug-likeness (QED) is 0.155. The van der Waals surface area contributed by atoms with Gasteiger partial charge in [0.25, 0.3) is 11.5 Å². The maximum atomic E-state index is 13.2. The molecule has 1 aliphatic heterocycles. The molecule has 1 fully saturated rings. The monoisotopic (exact) mass is 475 g/mol. The van der Waals surface area contributed by atoms with E-state index in [0.717, 1.165) is 16.9 Å². The average Bonchev–Trinajstić information content (AvgIpc) is 3.53. The second-order valence-corrected chi connectivity index (χ2v) is 8.64. The number of benzene rings is 1. The number of nitrogens with zero attached hydrogens (tertiary/aromatic N) is 5. The van der Waals surface area contributed by atoms with Crippen molar-refractivity contribution in [2.45, 2.75) is 19.9 Å². The normalized spacial score (nSPS) is 17.6. The van der Waals surface area contributed by atoms with E-state index in [1.54, 1.807) is 22.9 Å². The molecule has 0 spiro atoms. The number of pyridine rings is 1. The topological polar surface area (TPSA) is 131 Å². The summed E-state index contributed by atoms with van der Waals surface area (Å²) in [4.78, 5) is 46.8. The third-order valence-corrected chi connectivity index (χ3v) is 6.57. The Bertz CT molecular complexity index is 1500. The Morgan fingerprint density at radius 3 is 2.53 bits per heavy atom. The number of anilines is 1. The van der Waals surface area contributed by atoms with Crippen molar-refractivity contribution in [1.29, 1.82) is 0 Å². The number of carbonyl (C=O) groups is 2. The number of carbonyl (C=O) groups excluding carboxylic acids is 2. The van der Waals surface area contributed by atoms with Crippen LogP contribution in [-0.2, 0) is 9.59 Å². The third kappa shape index (κ3) is 3.17. The number of hydrogen-bond donors (Lipinski definition) is 1. The van der Waals surface area contributed by atoms with E-state index >= 15 is 0 Å². The summed E-state index contributed by atoms with van der Waals surface area (Å²) in [7, 11) is 0. The summed E-state index contributed by atoms with van der Waals surface area (Å²) in [5, 5.41) is 24.4. The summed E-state index contributed by atoms with van der Waals surface area (Å²) in [5.74, 6) is -2.15. The molecule has 170 valence electrons. The number of rotatable bonds is 4. The fraction of sp³-hybridized carbons (Fsp3) is 0.130. The van der Waals surface area contributed by atoms with Crippen LogP contribution in [0.1, 0.15) is 28.6 Å². The van der Waals surface area contributed by atoms with Crippen molar-refractivity contribution < 1.29 is 19.6 Å². The number of imidazole rings is 1. The van der Waals surface area contributed by atoms with Crippen molar-refractivity contribution in [2.24, 2.45) is 0 Å². The van der Waals surface area contributed by atoms with Crippen molar-refractivity contribution in [3.8, 4) is 0 Å². The molecule has 4 heterocycles. The van der Waals surface area contributed by atoms with E-state index in [1.807, 2.05) is 19.1 Å². The molecule has 0 aliphatic carbocycles. The van der Waals surface area contributed by atoms with Crippen LogP contribution in [0.5, 0.6) is 0 Å². The van der Waals surface area contributed by atoms with Gasteiger partial charge in [0.2, 0.25) is 0 Å². The van der Waals surface area contributed by atoms with Gasteiger partial charge in [-0.25, -0.2) is 9.97 Å². The lowest BCUT2D eigenvalue weighted by Gasteiger charge is -2.22. The zero-order valence-electron chi connectivity index (χ0n) is 18.0. The van der Waals surface area contributed by atoms with Gasteiger partial charge in [-0.05, 0) is 43.2 Å². The van der Waals surface area contributed by atoms with Gasteiger partial charge in [-0.1, -0.05) is 6.07 Å². The first-order chi connectivity index (χ1) is 16.3. The molecule has 1 atom stereocenters. The highest BCUT2D eigenvalue weighted by atomic mass is 32.1. The Balaban J connectivity index is 1.75. The molecule has 3 aromatic heterocycles. The summed E-state index contributed by atoms with van der Waals surface area (Å²) in [6, 6.07) is 8.20. The number of aromatic nitrogens is 3. The maximum Gasteiger partial charge on any atom is 0.301 e. The van der Waals surface area contributed by atoms with Crippen molar-refractivity contribution in [2.75, 3.05) is 4.90 Å². The van der Waals surface area contributed by atoms with Crippen LogP contribution >= 0.6 is 11.3 Å². The Morgan fingerprint density at radius 1 is 1.18 bits per heavy atom. The number of Topliss-reactive ketones (excluding diaryl/α,β-unsaturated/α-hetero) is 1. The highest BCUT2D eigenvalue weighted by Crippen LogP contribution is 2.43. The molecule has 0 radical (unpaired) electrons. The van der Waals surface area contributed by atoms with Crippen LogP contribution in [0.2, 0.25) is 0 Å². The summed E-state index contributed by atoms with van der Waals surface area (Å²) < 4.78 is 1.79. The first-order valence-corrected chi connectivity index (χ1v) is 11.1. The average molecular weight is 475 g/mol. The van der Waals surface area contributed by atoms with E-state index in [2.05, 4.69) is 9.97 Å². The van der Waals surface area contributed by atoms with Crippen LogP contribution in [0.3, 0.4) is 0 Å². The fourth-order valence-electron chi connectivity index (χ4n) is 4.13. The number of hydrogen-bond acceptors (Lipinski definition) is 8. The van der Waals surface area contributed by atoms with Gasteiger partial charge in [0, 0.05) is 29.9 Å². The largest absolute Gasteiger partial charge is 0.505 e. The molecular formula is C23H17N5O5S. The second-order valence-electron chi connectivity index (χ2n) is 7.76. The van der Waals surface area contributed by atoms with Crippen LogP contribution in [0.15, 0.2) is 59.7 Å². The second kappa shape index (κ2) is 7.89. The lowest BCUT2D eigenvalue weighted by atomic mass is 9.96. The van der Waals surface area contributed by atoms with Gasteiger partial charge in [0.05, 0.1) is 22.2 Å². The molecule has 1 amide bonds. The van der Waals surface area contributed by atoms with Gasteiger partial charge in [-0.15, -0.1) is 11.3 Å². The minimum Gasteiger partial charge on any atom is -0.505 e. The number of amides is 1. The molecule has 1 N–H and O–H groups in total. The molecule has 0 saturated carbocycles. The van der Waals surface area contributed by atoms with Crippen molar-refractivity contribution in [3.05, 3.63) is 92.4 Å². The molecule has 34 heavy (non-hydrogen) atoms. The van der Waals surface area contributed by atoms with Gasteiger partial charge in [0.1, 0.15) is 11.3 Å². The summed E-state index contributed by atoms with van der Waals surface area (Å²) in [6.45, 7) is 3.64. The van der Waals surface area contributed by atoms with Crippen LogP contribution in [0.25, 0.3) is 11.4 Å². The standard InChI is InChI=1S/C23H17N5O5S/c1-12-4-3-10-26-13(2)17(25-21(12)26)19(29)16-18(14-5-7-15(8-6-14)28(32)33)27(22(31)20(16)30)23-24-9-11-34-23/h3-11,18,29H,1-2H3/b19-16+. The summed E-state index contributed by atoms with van der Waals surface area (Å²) in [5.41, 5.74) is 2.39.